The van der Waals surface area contributed by atoms with E-state index in [-0.39, 0.29) is 18.8 Å². The van der Waals surface area contributed by atoms with Gasteiger partial charge < -0.3 is 19.1 Å². The van der Waals surface area contributed by atoms with Crippen LogP contribution in [0.5, 0.6) is 5.75 Å². The molecule has 22 heavy (non-hydrogen) atoms. The second-order valence-electron chi connectivity index (χ2n) is 4.49. The standard InChI is InChI=1S/C16H19NO5/c1-3-20-15(18)12(16(19)21-4-2)11-17-9-10-22-14-8-6-5-7-13(14)17/h5-8,11H,3-4,9-10H2,1-2H3. The molecule has 0 unspecified atom stereocenters. The highest BCUT2D eigenvalue weighted by Crippen LogP contribution is 2.31. The molecular weight excluding hydrogens is 286 g/mol. The van der Waals surface area contributed by atoms with Gasteiger partial charge >= 0.3 is 11.9 Å². The number of carbonyl (C=O) groups excluding carboxylic acids is 2. The van der Waals surface area contributed by atoms with Gasteiger partial charge in [-0.15, -0.1) is 0 Å². The molecule has 0 N–H and O–H groups in total. The van der Waals surface area contributed by atoms with Crippen molar-refractivity contribution in [3.63, 3.8) is 0 Å². The van der Waals surface area contributed by atoms with Gasteiger partial charge in [-0.1, -0.05) is 12.1 Å². The Bertz CT molecular complexity index is 562. The Morgan fingerprint density at radius 1 is 1.18 bits per heavy atom. The van der Waals surface area contributed by atoms with Gasteiger partial charge in [-0.3, -0.25) is 0 Å². The van der Waals surface area contributed by atoms with Crippen LogP contribution in [0.15, 0.2) is 36.0 Å². The van der Waals surface area contributed by atoms with E-state index in [1.165, 1.54) is 6.20 Å². The molecule has 1 aliphatic rings. The summed E-state index contributed by atoms with van der Waals surface area (Å²) in [6.45, 7) is 4.74. The number of ether oxygens (including phenoxy) is 3. The summed E-state index contributed by atoms with van der Waals surface area (Å²) in [4.78, 5) is 25.8. The average molecular weight is 305 g/mol. The van der Waals surface area contributed by atoms with E-state index in [0.717, 1.165) is 5.69 Å². The Morgan fingerprint density at radius 3 is 2.45 bits per heavy atom. The molecule has 118 valence electrons. The van der Waals surface area contributed by atoms with E-state index in [4.69, 9.17) is 14.2 Å². The lowest BCUT2D eigenvalue weighted by Crippen LogP contribution is -2.30. The maximum atomic E-state index is 12.0. The van der Waals surface area contributed by atoms with Crippen molar-refractivity contribution in [1.29, 1.82) is 0 Å². The van der Waals surface area contributed by atoms with Gasteiger partial charge in [0.05, 0.1) is 25.4 Å². The molecule has 6 nitrogen and oxygen atoms in total. The number of esters is 2. The maximum Gasteiger partial charge on any atom is 0.347 e. The number of carbonyl (C=O) groups is 2. The van der Waals surface area contributed by atoms with Crippen LogP contribution in [0, 0.1) is 0 Å². The topological polar surface area (TPSA) is 65.1 Å². The molecule has 0 bridgehead atoms. The van der Waals surface area contributed by atoms with Crippen molar-refractivity contribution in [2.45, 2.75) is 13.8 Å². The van der Waals surface area contributed by atoms with Crippen LogP contribution in [-0.4, -0.2) is 38.3 Å². The molecular formula is C16H19NO5. The Hall–Kier alpha value is -2.50. The first kappa shape index (κ1) is 15.9. The van der Waals surface area contributed by atoms with Gasteiger partial charge in [0, 0.05) is 6.20 Å². The van der Waals surface area contributed by atoms with E-state index in [9.17, 15) is 9.59 Å². The summed E-state index contributed by atoms with van der Waals surface area (Å²) >= 11 is 0. The predicted octanol–water partition coefficient (Wildman–Crippen LogP) is 1.90. The van der Waals surface area contributed by atoms with Gasteiger partial charge in [0.1, 0.15) is 12.4 Å². The molecule has 0 saturated carbocycles. The van der Waals surface area contributed by atoms with Gasteiger partial charge in [-0.05, 0) is 26.0 Å². The van der Waals surface area contributed by atoms with Gasteiger partial charge in [0.25, 0.3) is 0 Å². The fourth-order valence-electron chi connectivity index (χ4n) is 2.09. The zero-order valence-corrected chi connectivity index (χ0v) is 12.7. The summed E-state index contributed by atoms with van der Waals surface area (Å²) in [5.41, 5.74) is 0.667. The summed E-state index contributed by atoms with van der Waals surface area (Å²) in [6.07, 6.45) is 1.47. The first-order chi connectivity index (χ1) is 10.7. The van der Waals surface area contributed by atoms with E-state index >= 15 is 0 Å². The molecule has 1 aromatic rings. The third kappa shape index (κ3) is 3.58. The summed E-state index contributed by atoms with van der Waals surface area (Å²) in [5.74, 6) is -0.674. The minimum atomic E-state index is -0.690. The fourth-order valence-corrected chi connectivity index (χ4v) is 2.09. The molecule has 0 fully saturated rings. The number of para-hydroxylation sites is 2. The predicted molar refractivity (Wildman–Crippen MR) is 80.6 cm³/mol. The van der Waals surface area contributed by atoms with Crippen LogP contribution in [0.25, 0.3) is 0 Å². The Kier molecular flexibility index (Phi) is 5.41. The SMILES string of the molecule is CCOC(=O)C(=CN1CCOc2ccccc21)C(=O)OCC. The molecule has 0 atom stereocenters. The third-order valence-corrected chi connectivity index (χ3v) is 3.04. The van der Waals surface area contributed by atoms with Crippen molar-refractivity contribution in [3.8, 4) is 5.75 Å². The maximum absolute atomic E-state index is 12.0. The lowest BCUT2D eigenvalue weighted by Gasteiger charge is -2.28. The number of hydrogen-bond acceptors (Lipinski definition) is 6. The molecule has 0 aliphatic carbocycles. The van der Waals surface area contributed by atoms with E-state index in [2.05, 4.69) is 0 Å². The van der Waals surface area contributed by atoms with Gasteiger partial charge in [0.15, 0.2) is 5.57 Å². The first-order valence-electron chi connectivity index (χ1n) is 7.21. The highest BCUT2D eigenvalue weighted by atomic mass is 16.6. The minimum absolute atomic E-state index is 0.125. The zero-order valence-electron chi connectivity index (χ0n) is 12.7. The second kappa shape index (κ2) is 7.49. The van der Waals surface area contributed by atoms with Crippen molar-refractivity contribution in [3.05, 3.63) is 36.0 Å². The van der Waals surface area contributed by atoms with Crippen LogP contribution in [-0.2, 0) is 19.1 Å². The van der Waals surface area contributed by atoms with Crippen molar-refractivity contribution in [2.75, 3.05) is 31.3 Å². The van der Waals surface area contributed by atoms with Crippen LogP contribution in [0.4, 0.5) is 5.69 Å². The first-order valence-corrected chi connectivity index (χ1v) is 7.21. The summed E-state index contributed by atoms with van der Waals surface area (Å²) in [5, 5.41) is 0. The third-order valence-electron chi connectivity index (χ3n) is 3.04. The number of anilines is 1. The molecule has 2 rings (SSSR count). The lowest BCUT2D eigenvalue weighted by molar-refractivity contribution is -0.146. The normalized spacial score (nSPS) is 12.7. The largest absolute Gasteiger partial charge is 0.490 e. The molecule has 0 aromatic heterocycles. The molecule has 1 aromatic carbocycles. The lowest BCUT2D eigenvalue weighted by atomic mass is 10.2. The molecule has 0 saturated heterocycles. The average Bonchev–Trinajstić information content (AvgIpc) is 2.53. The highest BCUT2D eigenvalue weighted by Gasteiger charge is 2.24. The molecule has 1 heterocycles. The minimum Gasteiger partial charge on any atom is -0.490 e. The van der Waals surface area contributed by atoms with Crippen molar-refractivity contribution >= 4 is 17.6 Å². The molecule has 0 spiro atoms. The van der Waals surface area contributed by atoms with E-state index in [1.54, 1.807) is 18.7 Å². The van der Waals surface area contributed by atoms with Crippen LogP contribution in [0.2, 0.25) is 0 Å². The van der Waals surface area contributed by atoms with E-state index in [0.29, 0.717) is 18.9 Å². The van der Waals surface area contributed by atoms with Crippen LogP contribution < -0.4 is 9.64 Å². The van der Waals surface area contributed by atoms with E-state index < -0.39 is 11.9 Å². The quantitative estimate of drug-likeness (QED) is 0.358. The molecule has 6 heteroatoms. The van der Waals surface area contributed by atoms with Crippen molar-refractivity contribution < 1.29 is 23.8 Å². The Balaban J connectivity index is 2.33. The fraction of sp³-hybridized carbons (Fsp3) is 0.375. The van der Waals surface area contributed by atoms with Gasteiger partial charge in [-0.25, -0.2) is 9.59 Å². The monoisotopic (exact) mass is 305 g/mol. The van der Waals surface area contributed by atoms with Crippen LogP contribution >= 0.6 is 0 Å². The van der Waals surface area contributed by atoms with E-state index in [1.807, 2.05) is 24.3 Å². The number of nitrogens with zero attached hydrogens (tertiary/aromatic N) is 1. The van der Waals surface area contributed by atoms with Crippen LogP contribution in [0.3, 0.4) is 0 Å². The zero-order chi connectivity index (χ0) is 15.9. The Labute approximate surface area is 129 Å². The summed E-state index contributed by atoms with van der Waals surface area (Å²) < 4.78 is 15.4. The number of benzene rings is 1. The molecule has 1 aliphatic heterocycles. The Morgan fingerprint density at radius 2 is 1.82 bits per heavy atom. The smallest absolute Gasteiger partial charge is 0.347 e. The van der Waals surface area contributed by atoms with Crippen molar-refractivity contribution in [2.24, 2.45) is 0 Å². The van der Waals surface area contributed by atoms with Crippen molar-refractivity contribution in [1.82, 2.24) is 0 Å². The molecule has 0 radical (unpaired) electrons. The highest BCUT2D eigenvalue weighted by molar-refractivity contribution is 6.14. The number of rotatable bonds is 5. The number of hydrogen-bond donors (Lipinski definition) is 0. The van der Waals surface area contributed by atoms with Crippen LogP contribution in [0.1, 0.15) is 13.8 Å². The summed E-state index contributed by atoms with van der Waals surface area (Å²) in [6, 6.07) is 7.43. The van der Waals surface area contributed by atoms with Gasteiger partial charge in [-0.2, -0.15) is 0 Å². The molecule has 0 amide bonds. The number of fused-ring (bicyclic) bond motifs is 1. The summed E-state index contributed by atoms with van der Waals surface area (Å²) in [7, 11) is 0. The second-order valence-corrected chi connectivity index (χ2v) is 4.49. The van der Waals surface area contributed by atoms with Gasteiger partial charge in [0.2, 0.25) is 0 Å².